The number of rotatable bonds is 5. The van der Waals surface area contributed by atoms with Gasteiger partial charge in [0.1, 0.15) is 6.61 Å². The van der Waals surface area contributed by atoms with Crippen LogP contribution >= 0.6 is 0 Å². The van der Waals surface area contributed by atoms with Gasteiger partial charge in [0.2, 0.25) is 0 Å². The zero-order valence-corrected chi connectivity index (χ0v) is 11.5. The normalized spacial score (nSPS) is 10.5. The zero-order valence-electron chi connectivity index (χ0n) is 11.5. The van der Waals surface area contributed by atoms with Crippen molar-refractivity contribution in [2.24, 2.45) is 5.41 Å². The number of methoxy groups -OCH3 is 2. The number of esters is 1. The standard InChI is InChI=1S/C14H17NO4/c1-14(2,13(16)18-4)9-19-11-6-5-10(8-15)7-12(11)17-3/h5-7H,9H2,1-4H3. The van der Waals surface area contributed by atoms with Crippen LogP contribution in [0.1, 0.15) is 19.4 Å². The first kappa shape index (κ1) is 14.8. The maximum Gasteiger partial charge on any atom is 0.314 e. The maximum atomic E-state index is 11.5. The average molecular weight is 263 g/mol. The third-order valence-electron chi connectivity index (χ3n) is 2.62. The molecule has 0 bridgehead atoms. The van der Waals surface area contributed by atoms with E-state index in [0.717, 1.165) is 0 Å². The summed E-state index contributed by atoms with van der Waals surface area (Å²) in [5.41, 5.74) is -0.273. The smallest absolute Gasteiger partial charge is 0.314 e. The van der Waals surface area contributed by atoms with Crippen molar-refractivity contribution in [1.82, 2.24) is 0 Å². The van der Waals surface area contributed by atoms with Crippen LogP contribution in [-0.2, 0) is 9.53 Å². The van der Waals surface area contributed by atoms with Crippen molar-refractivity contribution in [3.05, 3.63) is 23.8 Å². The van der Waals surface area contributed by atoms with Crippen molar-refractivity contribution in [3.8, 4) is 17.6 Å². The second kappa shape index (κ2) is 6.10. The number of hydrogen-bond acceptors (Lipinski definition) is 5. The van der Waals surface area contributed by atoms with Crippen LogP contribution in [0.3, 0.4) is 0 Å². The van der Waals surface area contributed by atoms with E-state index in [1.54, 1.807) is 32.0 Å². The molecule has 102 valence electrons. The molecule has 0 heterocycles. The number of nitrogens with zero attached hydrogens (tertiary/aromatic N) is 1. The number of benzene rings is 1. The van der Waals surface area contributed by atoms with Gasteiger partial charge in [0, 0.05) is 6.07 Å². The molecule has 0 radical (unpaired) electrons. The highest BCUT2D eigenvalue weighted by Gasteiger charge is 2.30. The molecule has 0 aliphatic rings. The Balaban J connectivity index is 2.84. The van der Waals surface area contributed by atoms with Gasteiger partial charge in [-0.25, -0.2) is 0 Å². The quantitative estimate of drug-likeness (QED) is 0.761. The molecule has 1 rings (SSSR count). The van der Waals surface area contributed by atoms with Gasteiger partial charge in [0.05, 0.1) is 31.3 Å². The lowest BCUT2D eigenvalue weighted by Gasteiger charge is -2.22. The van der Waals surface area contributed by atoms with Crippen LogP contribution in [0.2, 0.25) is 0 Å². The molecule has 0 fully saturated rings. The summed E-state index contributed by atoms with van der Waals surface area (Å²) in [6.45, 7) is 3.62. The fourth-order valence-corrected chi connectivity index (χ4v) is 1.45. The second-order valence-electron chi connectivity index (χ2n) is 4.64. The molecule has 5 nitrogen and oxygen atoms in total. The fraction of sp³-hybridized carbons (Fsp3) is 0.429. The van der Waals surface area contributed by atoms with Gasteiger partial charge in [0.15, 0.2) is 11.5 Å². The van der Waals surface area contributed by atoms with Crippen molar-refractivity contribution in [2.45, 2.75) is 13.8 Å². The topological polar surface area (TPSA) is 68.5 Å². The van der Waals surface area contributed by atoms with Crippen molar-refractivity contribution in [3.63, 3.8) is 0 Å². The minimum absolute atomic E-state index is 0.155. The highest BCUT2D eigenvalue weighted by Crippen LogP contribution is 2.29. The van der Waals surface area contributed by atoms with Crippen molar-refractivity contribution < 1.29 is 19.0 Å². The molecular weight excluding hydrogens is 246 g/mol. The Morgan fingerprint density at radius 3 is 2.53 bits per heavy atom. The van der Waals surface area contributed by atoms with Gasteiger partial charge < -0.3 is 14.2 Å². The first-order chi connectivity index (χ1) is 8.94. The van der Waals surface area contributed by atoms with Crippen molar-refractivity contribution in [1.29, 1.82) is 5.26 Å². The summed E-state index contributed by atoms with van der Waals surface area (Å²) >= 11 is 0. The summed E-state index contributed by atoms with van der Waals surface area (Å²) in [4.78, 5) is 11.5. The highest BCUT2D eigenvalue weighted by atomic mass is 16.5. The van der Waals surface area contributed by atoms with Crippen LogP contribution in [0.5, 0.6) is 11.5 Å². The van der Waals surface area contributed by atoms with Gasteiger partial charge in [0.25, 0.3) is 0 Å². The van der Waals surface area contributed by atoms with Crippen LogP contribution < -0.4 is 9.47 Å². The summed E-state index contributed by atoms with van der Waals surface area (Å²) in [6.07, 6.45) is 0. The molecule has 0 N–H and O–H groups in total. The lowest BCUT2D eigenvalue weighted by molar-refractivity contribution is -0.152. The Morgan fingerprint density at radius 1 is 1.32 bits per heavy atom. The zero-order chi connectivity index (χ0) is 14.5. The number of ether oxygens (including phenoxy) is 3. The van der Waals surface area contributed by atoms with E-state index in [-0.39, 0.29) is 12.6 Å². The lowest BCUT2D eigenvalue weighted by atomic mass is 9.95. The SMILES string of the molecule is COC(=O)C(C)(C)COc1ccc(C#N)cc1OC. The molecule has 1 aromatic carbocycles. The molecule has 0 aliphatic carbocycles. The summed E-state index contributed by atoms with van der Waals surface area (Å²) in [5.74, 6) is 0.596. The Kier molecular flexibility index (Phi) is 4.76. The average Bonchev–Trinajstić information content (AvgIpc) is 2.43. The number of nitriles is 1. The van der Waals surface area contributed by atoms with Gasteiger partial charge in [-0.15, -0.1) is 0 Å². The lowest BCUT2D eigenvalue weighted by Crippen LogP contribution is -2.32. The summed E-state index contributed by atoms with van der Waals surface area (Å²) in [7, 11) is 2.83. The molecule has 0 saturated carbocycles. The minimum atomic E-state index is -0.756. The Labute approximate surface area is 112 Å². The first-order valence-corrected chi connectivity index (χ1v) is 5.74. The summed E-state index contributed by atoms with van der Waals surface area (Å²) in [5, 5.41) is 8.80. The molecule has 0 spiro atoms. The first-order valence-electron chi connectivity index (χ1n) is 5.74. The van der Waals surface area contributed by atoms with E-state index < -0.39 is 5.41 Å². The molecule has 0 unspecified atom stereocenters. The van der Waals surface area contributed by atoms with Crippen LogP contribution in [-0.4, -0.2) is 26.8 Å². The third-order valence-corrected chi connectivity index (χ3v) is 2.62. The highest BCUT2D eigenvalue weighted by molar-refractivity contribution is 5.75. The monoisotopic (exact) mass is 263 g/mol. The van der Waals surface area contributed by atoms with Gasteiger partial charge in [-0.05, 0) is 26.0 Å². The predicted molar refractivity (Wildman–Crippen MR) is 69.0 cm³/mol. The van der Waals surface area contributed by atoms with Crippen LogP contribution in [0, 0.1) is 16.7 Å². The molecule has 1 aromatic rings. The summed E-state index contributed by atoms with van der Waals surface area (Å²) < 4.78 is 15.4. The molecular formula is C14H17NO4. The molecule has 0 amide bonds. The Bertz CT molecular complexity index is 503. The molecule has 5 heteroatoms. The van der Waals surface area contributed by atoms with Gasteiger partial charge >= 0.3 is 5.97 Å². The molecule has 0 aromatic heterocycles. The molecule has 19 heavy (non-hydrogen) atoms. The van der Waals surface area contributed by atoms with E-state index in [9.17, 15) is 4.79 Å². The third kappa shape index (κ3) is 3.62. The van der Waals surface area contributed by atoms with Gasteiger partial charge in [-0.3, -0.25) is 4.79 Å². The van der Waals surface area contributed by atoms with E-state index in [4.69, 9.17) is 19.5 Å². The van der Waals surface area contributed by atoms with E-state index >= 15 is 0 Å². The maximum absolute atomic E-state index is 11.5. The van der Waals surface area contributed by atoms with Crippen LogP contribution in [0.4, 0.5) is 0 Å². The van der Waals surface area contributed by atoms with E-state index in [0.29, 0.717) is 17.1 Å². The number of hydrogen-bond donors (Lipinski definition) is 0. The summed E-state index contributed by atoms with van der Waals surface area (Å²) in [6, 6.07) is 6.87. The van der Waals surface area contributed by atoms with Gasteiger partial charge in [-0.2, -0.15) is 5.26 Å². The Morgan fingerprint density at radius 2 is 2.00 bits per heavy atom. The molecule has 0 saturated heterocycles. The van der Waals surface area contributed by atoms with Crippen molar-refractivity contribution >= 4 is 5.97 Å². The van der Waals surface area contributed by atoms with E-state index in [1.165, 1.54) is 14.2 Å². The number of carbonyl (C=O) groups excluding carboxylic acids is 1. The van der Waals surface area contributed by atoms with E-state index in [2.05, 4.69) is 0 Å². The van der Waals surface area contributed by atoms with Gasteiger partial charge in [-0.1, -0.05) is 0 Å². The van der Waals surface area contributed by atoms with E-state index in [1.807, 2.05) is 6.07 Å². The number of carbonyl (C=O) groups is 1. The second-order valence-corrected chi connectivity index (χ2v) is 4.64. The fourth-order valence-electron chi connectivity index (χ4n) is 1.45. The van der Waals surface area contributed by atoms with Crippen LogP contribution in [0.25, 0.3) is 0 Å². The predicted octanol–water partition coefficient (Wildman–Crippen LogP) is 2.14. The largest absolute Gasteiger partial charge is 0.493 e. The molecule has 0 atom stereocenters. The minimum Gasteiger partial charge on any atom is -0.493 e. The Hall–Kier alpha value is -2.22. The molecule has 0 aliphatic heterocycles. The van der Waals surface area contributed by atoms with Crippen LogP contribution in [0.15, 0.2) is 18.2 Å². The van der Waals surface area contributed by atoms with Crippen molar-refractivity contribution in [2.75, 3.05) is 20.8 Å².